The minimum absolute atomic E-state index is 0.737. The maximum absolute atomic E-state index is 5.69. The lowest BCUT2D eigenvalue weighted by molar-refractivity contribution is 0.313. The van der Waals surface area contributed by atoms with Crippen molar-refractivity contribution in [3.8, 4) is 0 Å². The number of hydrogen-bond acceptors (Lipinski definition) is 4. The van der Waals surface area contributed by atoms with E-state index >= 15 is 0 Å². The van der Waals surface area contributed by atoms with Gasteiger partial charge in [0.15, 0.2) is 0 Å². The molecule has 1 aromatic heterocycles. The van der Waals surface area contributed by atoms with Crippen LogP contribution < -0.4 is 10.6 Å². The Balaban J connectivity index is 2.08. The van der Waals surface area contributed by atoms with Crippen LogP contribution in [0, 0.1) is 0 Å². The summed E-state index contributed by atoms with van der Waals surface area (Å²) >= 11 is 0. The van der Waals surface area contributed by atoms with Crippen molar-refractivity contribution < 1.29 is 0 Å². The number of piperazine rings is 1. The van der Waals surface area contributed by atoms with Gasteiger partial charge in [-0.2, -0.15) is 0 Å². The minimum atomic E-state index is 0.737. The fourth-order valence-electron chi connectivity index (χ4n) is 1.68. The average Bonchev–Trinajstić information content (AvgIpc) is 2.19. The smallest absolute Gasteiger partial charge is 0.0574 e. The topological polar surface area (TPSA) is 45.4 Å². The first-order valence-corrected chi connectivity index (χ1v) is 4.90. The Hall–Kier alpha value is -1.29. The van der Waals surface area contributed by atoms with Gasteiger partial charge in [0.1, 0.15) is 0 Å². The van der Waals surface area contributed by atoms with Gasteiger partial charge in [0.05, 0.1) is 17.6 Å². The largest absolute Gasteiger partial charge is 0.397 e. The normalized spacial score (nSPS) is 18.5. The Labute approximate surface area is 84.3 Å². The molecule has 1 saturated heterocycles. The Morgan fingerprint density at radius 1 is 1.21 bits per heavy atom. The van der Waals surface area contributed by atoms with Gasteiger partial charge in [-0.3, -0.25) is 4.98 Å². The highest BCUT2D eigenvalue weighted by atomic mass is 15.2. The highest BCUT2D eigenvalue weighted by Crippen LogP contribution is 2.16. The van der Waals surface area contributed by atoms with Crippen LogP contribution in [0.1, 0.15) is 0 Å². The zero-order valence-electron chi connectivity index (χ0n) is 8.48. The quantitative estimate of drug-likeness (QED) is 0.700. The number of likely N-dealkylation sites (N-methyl/N-ethyl adjacent to an activating group) is 1. The summed E-state index contributed by atoms with van der Waals surface area (Å²) in [7, 11) is 2.15. The molecule has 4 nitrogen and oxygen atoms in total. The molecule has 2 rings (SSSR count). The molecular weight excluding hydrogens is 176 g/mol. The number of rotatable bonds is 1. The number of anilines is 2. The second-order valence-corrected chi connectivity index (χ2v) is 3.77. The Kier molecular flexibility index (Phi) is 2.54. The van der Waals surface area contributed by atoms with Gasteiger partial charge in [-0.15, -0.1) is 0 Å². The highest BCUT2D eigenvalue weighted by molar-refractivity contribution is 5.53. The van der Waals surface area contributed by atoms with E-state index in [1.165, 1.54) is 0 Å². The molecule has 1 aliphatic rings. The van der Waals surface area contributed by atoms with Crippen molar-refractivity contribution in [2.24, 2.45) is 0 Å². The minimum Gasteiger partial charge on any atom is -0.397 e. The lowest BCUT2D eigenvalue weighted by Crippen LogP contribution is -2.44. The van der Waals surface area contributed by atoms with E-state index < -0.39 is 0 Å². The molecule has 1 aromatic rings. The van der Waals surface area contributed by atoms with Crippen LogP contribution in [0.3, 0.4) is 0 Å². The van der Waals surface area contributed by atoms with Gasteiger partial charge in [-0.25, -0.2) is 0 Å². The molecule has 4 heteroatoms. The van der Waals surface area contributed by atoms with Crippen LogP contribution in [-0.4, -0.2) is 43.1 Å². The SMILES string of the molecule is CN1CCN(c2cncc(N)c2)CC1. The molecule has 0 unspecified atom stereocenters. The number of aromatic nitrogens is 1. The number of nitrogens with zero attached hydrogens (tertiary/aromatic N) is 3. The van der Waals surface area contributed by atoms with E-state index in [2.05, 4.69) is 21.8 Å². The Bertz CT molecular complexity index is 305. The van der Waals surface area contributed by atoms with Crippen LogP contribution in [0.25, 0.3) is 0 Å². The molecule has 1 aliphatic heterocycles. The molecule has 0 saturated carbocycles. The standard InChI is InChI=1S/C10H16N4/c1-13-2-4-14(5-3-13)10-6-9(11)7-12-8-10/h6-8H,2-5,11H2,1H3. The first kappa shape index (κ1) is 9.27. The van der Waals surface area contributed by atoms with Crippen molar-refractivity contribution >= 4 is 11.4 Å². The van der Waals surface area contributed by atoms with E-state index in [4.69, 9.17) is 5.73 Å². The fourth-order valence-corrected chi connectivity index (χ4v) is 1.68. The van der Waals surface area contributed by atoms with Gasteiger partial charge >= 0.3 is 0 Å². The first-order chi connectivity index (χ1) is 6.75. The summed E-state index contributed by atoms with van der Waals surface area (Å²) in [5.41, 5.74) is 7.57. The summed E-state index contributed by atoms with van der Waals surface area (Å²) in [6, 6.07) is 1.98. The van der Waals surface area contributed by atoms with E-state index in [9.17, 15) is 0 Å². The van der Waals surface area contributed by atoms with E-state index in [0.29, 0.717) is 0 Å². The van der Waals surface area contributed by atoms with Gasteiger partial charge in [-0.1, -0.05) is 0 Å². The fraction of sp³-hybridized carbons (Fsp3) is 0.500. The lowest BCUT2D eigenvalue weighted by atomic mass is 10.3. The van der Waals surface area contributed by atoms with Crippen LogP contribution in [0.15, 0.2) is 18.5 Å². The molecule has 1 fully saturated rings. The molecular formula is C10H16N4. The summed E-state index contributed by atoms with van der Waals surface area (Å²) in [4.78, 5) is 8.75. The average molecular weight is 192 g/mol. The molecule has 2 heterocycles. The lowest BCUT2D eigenvalue weighted by Gasteiger charge is -2.33. The van der Waals surface area contributed by atoms with Crippen molar-refractivity contribution in [2.75, 3.05) is 43.9 Å². The maximum Gasteiger partial charge on any atom is 0.0574 e. The van der Waals surface area contributed by atoms with Crippen LogP contribution in [0.4, 0.5) is 11.4 Å². The van der Waals surface area contributed by atoms with Gasteiger partial charge in [0, 0.05) is 32.4 Å². The Morgan fingerprint density at radius 3 is 2.57 bits per heavy atom. The van der Waals surface area contributed by atoms with E-state index in [1.807, 2.05) is 12.3 Å². The second kappa shape index (κ2) is 3.84. The molecule has 0 aromatic carbocycles. The van der Waals surface area contributed by atoms with Crippen molar-refractivity contribution in [1.82, 2.24) is 9.88 Å². The van der Waals surface area contributed by atoms with Crippen LogP contribution >= 0.6 is 0 Å². The summed E-state index contributed by atoms with van der Waals surface area (Å²) in [5.74, 6) is 0. The number of nitrogen functional groups attached to an aromatic ring is 1. The van der Waals surface area contributed by atoms with Gasteiger partial charge < -0.3 is 15.5 Å². The molecule has 0 bridgehead atoms. The third kappa shape index (κ3) is 1.96. The summed E-state index contributed by atoms with van der Waals surface area (Å²) in [6.07, 6.45) is 3.56. The van der Waals surface area contributed by atoms with E-state index in [-0.39, 0.29) is 0 Å². The van der Waals surface area contributed by atoms with Gasteiger partial charge in [-0.05, 0) is 13.1 Å². The Morgan fingerprint density at radius 2 is 1.93 bits per heavy atom. The van der Waals surface area contributed by atoms with Crippen molar-refractivity contribution in [1.29, 1.82) is 0 Å². The number of hydrogen-bond donors (Lipinski definition) is 1. The van der Waals surface area contributed by atoms with Gasteiger partial charge in [0.2, 0.25) is 0 Å². The molecule has 0 amide bonds. The second-order valence-electron chi connectivity index (χ2n) is 3.77. The van der Waals surface area contributed by atoms with Crippen molar-refractivity contribution in [2.45, 2.75) is 0 Å². The van der Waals surface area contributed by atoms with Crippen molar-refractivity contribution in [3.63, 3.8) is 0 Å². The maximum atomic E-state index is 5.69. The van der Waals surface area contributed by atoms with E-state index in [0.717, 1.165) is 37.6 Å². The molecule has 0 spiro atoms. The van der Waals surface area contributed by atoms with Crippen LogP contribution in [-0.2, 0) is 0 Å². The molecule has 0 atom stereocenters. The van der Waals surface area contributed by atoms with Crippen LogP contribution in [0.2, 0.25) is 0 Å². The number of nitrogens with two attached hydrogens (primary N) is 1. The zero-order valence-corrected chi connectivity index (χ0v) is 8.48. The molecule has 0 radical (unpaired) electrons. The predicted molar refractivity (Wildman–Crippen MR) is 58.4 cm³/mol. The predicted octanol–water partition coefficient (Wildman–Crippen LogP) is 0.416. The molecule has 14 heavy (non-hydrogen) atoms. The first-order valence-electron chi connectivity index (χ1n) is 4.90. The summed E-state index contributed by atoms with van der Waals surface area (Å²) < 4.78 is 0. The monoisotopic (exact) mass is 192 g/mol. The highest BCUT2D eigenvalue weighted by Gasteiger charge is 2.14. The van der Waals surface area contributed by atoms with Crippen molar-refractivity contribution in [3.05, 3.63) is 18.5 Å². The van der Waals surface area contributed by atoms with E-state index in [1.54, 1.807) is 6.20 Å². The third-order valence-corrected chi connectivity index (χ3v) is 2.61. The molecule has 76 valence electrons. The number of pyridine rings is 1. The summed E-state index contributed by atoms with van der Waals surface area (Å²) in [5, 5.41) is 0. The summed E-state index contributed by atoms with van der Waals surface area (Å²) in [6.45, 7) is 4.33. The zero-order chi connectivity index (χ0) is 9.97. The third-order valence-electron chi connectivity index (χ3n) is 2.61. The van der Waals surface area contributed by atoms with Crippen LogP contribution in [0.5, 0.6) is 0 Å². The molecule has 2 N–H and O–H groups in total. The molecule has 0 aliphatic carbocycles. The van der Waals surface area contributed by atoms with Gasteiger partial charge in [0.25, 0.3) is 0 Å².